The summed E-state index contributed by atoms with van der Waals surface area (Å²) in [5, 5.41) is 17.7. The van der Waals surface area contributed by atoms with E-state index < -0.39 is 31.6 Å². The van der Waals surface area contributed by atoms with Crippen molar-refractivity contribution in [3.8, 4) is 0 Å². The molecule has 148 valence electrons. The van der Waals surface area contributed by atoms with Gasteiger partial charge in [-0.3, -0.25) is 14.3 Å². The maximum atomic E-state index is 11.6. The molecule has 2 aromatic rings. The zero-order valence-electron chi connectivity index (χ0n) is 14.9. The first-order valence-electron chi connectivity index (χ1n) is 7.80. The van der Waals surface area contributed by atoms with Crippen LogP contribution in [0.15, 0.2) is 11.1 Å². The Balaban J connectivity index is 0.00000146. The molecule has 2 unspecified atom stereocenters. The molecule has 13 heteroatoms. The summed E-state index contributed by atoms with van der Waals surface area (Å²) in [5.41, 5.74) is 2.81. The maximum Gasteiger partial charge on any atom is 0.436 e. The summed E-state index contributed by atoms with van der Waals surface area (Å²) in [6, 6.07) is 0. The molecule has 0 saturated carbocycles. The monoisotopic (exact) mass is 393 g/mol. The lowest BCUT2D eigenvalue weighted by Gasteiger charge is -2.17. The van der Waals surface area contributed by atoms with Gasteiger partial charge in [0, 0.05) is 0 Å². The summed E-state index contributed by atoms with van der Waals surface area (Å²) < 4.78 is 17.0. The molecule has 2 atom stereocenters. The summed E-state index contributed by atoms with van der Waals surface area (Å²) >= 11 is 0. The number of aromatic nitrogens is 4. The number of nitrogens with zero attached hydrogens (tertiary/aromatic N) is 3. The lowest BCUT2D eigenvalue weighted by atomic mass is 10.4. The van der Waals surface area contributed by atoms with Crippen molar-refractivity contribution < 1.29 is 29.0 Å². The summed E-state index contributed by atoms with van der Waals surface area (Å²) in [6.07, 6.45) is -0.145. The van der Waals surface area contributed by atoms with Crippen molar-refractivity contribution in [2.45, 2.75) is 40.3 Å². The van der Waals surface area contributed by atoms with Gasteiger partial charge in [0.25, 0.3) is 5.56 Å². The Bertz CT molecular complexity index is 819. The summed E-state index contributed by atoms with van der Waals surface area (Å²) in [6.45, 7) is 7.00. The van der Waals surface area contributed by atoms with Crippen molar-refractivity contribution in [1.29, 1.82) is 0 Å². The van der Waals surface area contributed by atoms with E-state index in [1.54, 1.807) is 0 Å². The Morgan fingerprint density at radius 2 is 2.00 bits per heavy atom. The Kier molecular flexibility index (Phi) is 9.73. The second-order valence-electron chi connectivity index (χ2n) is 4.23. The number of carbonyl (C=O) groups is 1. The second-order valence-corrected chi connectivity index (χ2v) is 5.87. The van der Waals surface area contributed by atoms with E-state index in [4.69, 9.17) is 20.8 Å². The van der Waals surface area contributed by atoms with E-state index in [9.17, 15) is 14.2 Å². The SMILES string of the molecule is CC.CC.Nc1nc2c(ncn2CC(CO)OP(=O)(O)C(=O)O)c(=O)[nH]1. The van der Waals surface area contributed by atoms with Crippen LogP contribution in [-0.4, -0.2) is 53.0 Å². The number of aliphatic hydroxyl groups excluding tert-OH is 1. The highest BCUT2D eigenvalue weighted by Gasteiger charge is 2.34. The molecule has 0 aliphatic rings. The van der Waals surface area contributed by atoms with Gasteiger partial charge in [0.05, 0.1) is 19.5 Å². The number of nitrogens with one attached hydrogen (secondary N) is 1. The highest BCUT2D eigenvalue weighted by atomic mass is 31.2. The minimum absolute atomic E-state index is 0.0312. The number of fused-ring (bicyclic) bond motifs is 1. The first kappa shape index (κ1) is 23.7. The molecule has 2 aromatic heterocycles. The predicted octanol–water partition coefficient (Wildman–Crippen LogP) is 0.995. The van der Waals surface area contributed by atoms with Crippen LogP contribution < -0.4 is 11.3 Å². The molecule has 0 radical (unpaired) electrons. The Hall–Kier alpha value is -2.27. The fraction of sp³-hybridized carbons (Fsp3) is 0.538. The molecule has 26 heavy (non-hydrogen) atoms. The minimum atomic E-state index is -4.92. The molecule has 6 N–H and O–H groups in total. The summed E-state index contributed by atoms with van der Waals surface area (Å²) in [7, 11) is -4.92. The first-order valence-corrected chi connectivity index (χ1v) is 9.38. The Morgan fingerprint density at radius 1 is 1.42 bits per heavy atom. The largest absolute Gasteiger partial charge is 0.472 e. The number of H-pyrrole nitrogens is 1. The third-order valence-electron chi connectivity index (χ3n) is 2.63. The van der Waals surface area contributed by atoms with Crippen LogP contribution in [0.1, 0.15) is 27.7 Å². The van der Waals surface area contributed by atoms with Gasteiger partial charge in [0.15, 0.2) is 11.2 Å². The molecule has 0 bridgehead atoms. The van der Waals surface area contributed by atoms with Crippen LogP contribution in [0.25, 0.3) is 11.2 Å². The fourth-order valence-corrected chi connectivity index (χ4v) is 2.32. The van der Waals surface area contributed by atoms with E-state index in [0.717, 1.165) is 0 Å². The smallest absolute Gasteiger partial charge is 0.436 e. The van der Waals surface area contributed by atoms with Gasteiger partial charge in [0.1, 0.15) is 6.10 Å². The lowest BCUT2D eigenvalue weighted by molar-refractivity contribution is 0.0887. The van der Waals surface area contributed by atoms with E-state index in [-0.39, 0.29) is 23.7 Å². The zero-order chi connectivity index (χ0) is 20.5. The number of carboxylic acid groups (broad SMARTS) is 1. The third kappa shape index (κ3) is 5.92. The predicted molar refractivity (Wildman–Crippen MR) is 95.1 cm³/mol. The van der Waals surface area contributed by atoms with Gasteiger partial charge in [-0.15, -0.1) is 0 Å². The minimum Gasteiger partial charge on any atom is -0.472 e. The molecule has 0 aromatic carbocycles. The Morgan fingerprint density at radius 3 is 2.50 bits per heavy atom. The number of imidazole rings is 1. The molecule has 0 amide bonds. The van der Waals surface area contributed by atoms with Crippen molar-refractivity contribution in [2.24, 2.45) is 0 Å². The molecule has 2 rings (SSSR count). The first-order chi connectivity index (χ1) is 12.2. The summed E-state index contributed by atoms with van der Waals surface area (Å²) in [5.74, 6) is -0.168. The number of nitrogen functional groups attached to an aromatic ring is 1. The van der Waals surface area contributed by atoms with Gasteiger partial charge in [-0.05, 0) is 0 Å². The number of anilines is 1. The van der Waals surface area contributed by atoms with Gasteiger partial charge < -0.3 is 25.4 Å². The Labute approximate surface area is 149 Å². The van der Waals surface area contributed by atoms with Crippen molar-refractivity contribution in [3.05, 3.63) is 16.7 Å². The van der Waals surface area contributed by atoms with Crippen molar-refractivity contribution in [2.75, 3.05) is 12.3 Å². The van der Waals surface area contributed by atoms with Crippen LogP contribution >= 0.6 is 7.60 Å². The average Bonchev–Trinajstić information content (AvgIpc) is 3.00. The van der Waals surface area contributed by atoms with E-state index in [1.807, 2.05) is 27.7 Å². The number of aromatic amines is 1. The van der Waals surface area contributed by atoms with Gasteiger partial charge in [-0.1, -0.05) is 27.7 Å². The van der Waals surface area contributed by atoms with E-state index >= 15 is 0 Å². The molecule has 0 saturated heterocycles. The molecule has 0 aliphatic heterocycles. The van der Waals surface area contributed by atoms with E-state index in [2.05, 4.69) is 19.5 Å². The quantitative estimate of drug-likeness (QED) is 0.442. The van der Waals surface area contributed by atoms with Crippen LogP contribution in [-0.2, 0) is 15.6 Å². The standard InChI is InChI=1S/C9H12N5O7P.2C2H6/c10-8-12-6-5(7(16)13-8)11-3-14(6)1-4(2-15)21-22(19,20)9(17)18;2*1-2/h3-4,15H,1-2H2,(H,17,18)(H,19,20)(H3,10,12,13,16);2*1-2H3. The number of hydrogen-bond donors (Lipinski definition) is 5. The topological polar surface area (TPSA) is 194 Å². The highest BCUT2D eigenvalue weighted by Crippen LogP contribution is 2.44. The molecular weight excluding hydrogens is 369 g/mol. The van der Waals surface area contributed by atoms with Crippen LogP contribution in [0.3, 0.4) is 0 Å². The normalized spacial score (nSPS) is 13.6. The number of nitrogens with two attached hydrogens (primary N) is 1. The molecule has 0 aliphatic carbocycles. The third-order valence-corrected chi connectivity index (χ3v) is 3.70. The number of rotatable bonds is 6. The van der Waals surface area contributed by atoms with Crippen LogP contribution in [0.2, 0.25) is 0 Å². The molecular formula is C13H24N5O7P. The van der Waals surface area contributed by atoms with Crippen molar-refractivity contribution in [1.82, 2.24) is 19.5 Å². The van der Waals surface area contributed by atoms with Gasteiger partial charge in [-0.25, -0.2) is 14.3 Å². The average molecular weight is 393 g/mol. The van der Waals surface area contributed by atoms with Gasteiger partial charge in [0.2, 0.25) is 5.95 Å². The number of hydrogen-bond acceptors (Lipinski definition) is 8. The zero-order valence-corrected chi connectivity index (χ0v) is 15.8. The van der Waals surface area contributed by atoms with Crippen LogP contribution in [0.5, 0.6) is 0 Å². The van der Waals surface area contributed by atoms with Crippen LogP contribution in [0, 0.1) is 0 Å². The fourth-order valence-electron chi connectivity index (χ4n) is 1.70. The van der Waals surface area contributed by atoms with Crippen LogP contribution in [0.4, 0.5) is 10.7 Å². The number of aliphatic hydroxyl groups is 1. The summed E-state index contributed by atoms with van der Waals surface area (Å²) in [4.78, 5) is 41.2. The maximum absolute atomic E-state index is 11.6. The van der Waals surface area contributed by atoms with Crippen molar-refractivity contribution in [3.63, 3.8) is 0 Å². The molecule has 12 nitrogen and oxygen atoms in total. The van der Waals surface area contributed by atoms with E-state index in [1.165, 1.54) is 10.9 Å². The van der Waals surface area contributed by atoms with Gasteiger partial charge >= 0.3 is 13.3 Å². The molecule has 2 heterocycles. The highest BCUT2D eigenvalue weighted by molar-refractivity contribution is 7.70. The van der Waals surface area contributed by atoms with E-state index in [0.29, 0.717) is 0 Å². The lowest BCUT2D eigenvalue weighted by Crippen LogP contribution is -2.24. The second kappa shape index (κ2) is 10.7. The molecule has 0 spiro atoms. The molecule has 0 fully saturated rings. The van der Waals surface area contributed by atoms with Crippen molar-refractivity contribution >= 4 is 30.4 Å². The van der Waals surface area contributed by atoms with Gasteiger partial charge in [-0.2, -0.15) is 4.98 Å².